The first-order chi connectivity index (χ1) is 12.2. The Kier molecular flexibility index (Phi) is 6.01. The molecule has 0 aliphatic rings. The predicted octanol–water partition coefficient (Wildman–Crippen LogP) is 2.80. The van der Waals surface area contributed by atoms with E-state index in [1.165, 1.54) is 0 Å². The third-order valence-electron chi connectivity index (χ3n) is 3.78. The van der Waals surface area contributed by atoms with E-state index in [1.807, 2.05) is 30.3 Å². The van der Waals surface area contributed by atoms with Crippen molar-refractivity contribution in [2.24, 2.45) is 0 Å². The van der Waals surface area contributed by atoms with Gasteiger partial charge in [-0.05, 0) is 24.5 Å². The number of nitro benzene ring substituents is 2. The summed E-state index contributed by atoms with van der Waals surface area (Å²) in [6.07, 6.45) is 0.881. The van der Waals surface area contributed by atoms with Gasteiger partial charge in [0.25, 0.3) is 11.4 Å². The average molecular weight is 379 g/mol. The average Bonchev–Trinajstić information content (AvgIpc) is 2.61. The molecule has 0 radical (unpaired) electrons. The van der Waals surface area contributed by atoms with Crippen LogP contribution in [0, 0.1) is 20.2 Å². The second kappa shape index (κ2) is 8.02. The highest BCUT2D eigenvalue weighted by molar-refractivity contribution is 7.89. The summed E-state index contributed by atoms with van der Waals surface area (Å²) in [7, 11) is -4.22. The zero-order chi connectivity index (χ0) is 19.3. The Hall–Kier alpha value is -2.85. The molecule has 2 aromatic rings. The van der Waals surface area contributed by atoms with Crippen molar-refractivity contribution in [1.29, 1.82) is 0 Å². The maximum atomic E-state index is 12.6. The van der Waals surface area contributed by atoms with Crippen LogP contribution in [0.15, 0.2) is 53.4 Å². The van der Waals surface area contributed by atoms with Crippen molar-refractivity contribution in [3.63, 3.8) is 0 Å². The highest BCUT2D eigenvalue weighted by Crippen LogP contribution is 2.28. The first kappa shape index (κ1) is 19.5. The van der Waals surface area contributed by atoms with Gasteiger partial charge in [0.05, 0.1) is 15.9 Å². The second-order valence-electron chi connectivity index (χ2n) is 5.58. The Balaban J connectivity index is 2.33. The first-order valence-electron chi connectivity index (χ1n) is 7.73. The summed E-state index contributed by atoms with van der Waals surface area (Å²) in [6, 6.07) is 11.2. The zero-order valence-electron chi connectivity index (χ0n) is 13.9. The number of non-ortho nitro benzene ring substituents is 1. The Morgan fingerprint density at radius 3 is 2.23 bits per heavy atom. The Morgan fingerprint density at radius 2 is 1.69 bits per heavy atom. The molecule has 0 aromatic heterocycles. The van der Waals surface area contributed by atoms with E-state index in [1.54, 1.807) is 6.92 Å². The third-order valence-corrected chi connectivity index (χ3v) is 5.35. The van der Waals surface area contributed by atoms with Crippen molar-refractivity contribution >= 4 is 21.4 Å². The molecule has 1 atom stereocenters. The summed E-state index contributed by atoms with van der Waals surface area (Å²) >= 11 is 0. The molecular weight excluding hydrogens is 362 g/mol. The van der Waals surface area contributed by atoms with Crippen LogP contribution in [0.25, 0.3) is 0 Å². The number of nitro groups is 2. The molecule has 138 valence electrons. The van der Waals surface area contributed by atoms with E-state index >= 15 is 0 Å². The molecule has 1 unspecified atom stereocenters. The number of sulfonamides is 1. The van der Waals surface area contributed by atoms with Crippen molar-refractivity contribution in [1.82, 2.24) is 4.72 Å². The van der Waals surface area contributed by atoms with Crippen LogP contribution in [0.4, 0.5) is 11.4 Å². The van der Waals surface area contributed by atoms with Gasteiger partial charge in [0, 0.05) is 12.1 Å². The second-order valence-corrected chi connectivity index (χ2v) is 7.26. The van der Waals surface area contributed by atoms with Crippen LogP contribution >= 0.6 is 0 Å². The number of benzene rings is 2. The summed E-state index contributed by atoms with van der Waals surface area (Å²) in [5, 5.41) is 22.0. The van der Waals surface area contributed by atoms with Gasteiger partial charge in [0.15, 0.2) is 4.90 Å². The highest BCUT2D eigenvalue weighted by atomic mass is 32.2. The van der Waals surface area contributed by atoms with Gasteiger partial charge in [-0.2, -0.15) is 0 Å². The van der Waals surface area contributed by atoms with Crippen LogP contribution in [0.2, 0.25) is 0 Å². The number of nitrogens with one attached hydrogen (secondary N) is 1. The van der Waals surface area contributed by atoms with Gasteiger partial charge in [-0.1, -0.05) is 37.3 Å². The molecule has 0 aliphatic heterocycles. The van der Waals surface area contributed by atoms with Crippen LogP contribution in [-0.4, -0.2) is 24.3 Å². The molecule has 0 heterocycles. The summed E-state index contributed by atoms with van der Waals surface area (Å²) in [5.41, 5.74) is -0.464. The van der Waals surface area contributed by atoms with Gasteiger partial charge in [-0.3, -0.25) is 20.2 Å². The molecule has 0 amide bonds. The number of nitrogens with zero attached hydrogens (tertiary/aromatic N) is 2. The van der Waals surface area contributed by atoms with Gasteiger partial charge < -0.3 is 0 Å². The molecule has 0 saturated carbocycles. The van der Waals surface area contributed by atoms with Gasteiger partial charge in [0.2, 0.25) is 10.0 Å². The lowest BCUT2D eigenvalue weighted by Crippen LogP contribution is -2.36. The summed E-state index contributed by atoms with van der Waals surface area (Å²) < 4.78 is 27.7. The van der Waals surface area contributed by atoms with Crippen molar-refractivity contribution in [2.45, 2.75) is 30.7 Å². The molecule has 0 bridgehead atoms. The molecule has 10 heteroatoms. The fourth-order valence-corrected chi connectivity index (χ4v) is 3.91. The fourth-order valence-electron chi connectivity index (χ4n) is 2.44. The number of hydrogen-bond donors (Lipinski definition) is 1. The molecule has 0 fully saturated rings. The van der Waals surface area contributed by atoms with Gasteiger partial charge in [0.1, 0.15) is 0 Å². The minimum Gasteiger partial charge on any atom is -0.258 e. The fraction of sp³-hybridized carbons (Fsp3) is 0.250. The standard InChI is InChI=1S/C16H17N3O6S/c1-2-13(10-12-6-4-3-5-7-12)17-26(24,25)16-9-8-14(18(20)21)11-15(16)19(22)23/h3-9,11,13,17H,2,10H2,1H3. The van der Waals surface area contributed by atoms with E-state index in [4.69, 9.17) is 0 Å². The monoisotopic (exact) mass is 379 g/mol. The van der Waals surface area contributed by atoms with Crippen molar-refractivity contribution in [2.75, 3.05) is 0 Å². The van der Waals surface area contributed by atoms with Gasteiger partial charge in [-0.25, -0.2) is 13.1 Å². The maximum absolute atomic E-state index is 12.6. The molecular formula is C16H17N3O6S. The molecule has 0 aliphatic carbocycles. The zero-order valence-corrected chi connectivity index (χ0v) is 14.7. The largest absolute Gasteiger partial charge is 0.296 e. The molecule has 2 aromatic carbocycles. The molecule has 1 N–H and O–H groups in total. The molecule has 26 heavy (non-hydrogen) atoms. The summed E-state index contributed by atoms with van der Waals surface area (Å²) in [5.74, 6) is 0. The van der Waals surface area contributed by atoms with Crippen molar-refractivity contribution in [3.05, 3.63) is 74.3 Å². The van der Waals surface area contributed by atoms with E-state index < -0.39 is 42.2 Å². The smallest absolute Gasteiger partial charge is 0.258 e. The van der Waals surface area contributed by atoms with Gasteiger partial charge >= 0.3 is 0 Å². The lowest BCUT2D eigenvalue weighted by molar-refractivity contribution is -0.396. The van der Waals surface area contributed by atoms with E-state index in [-0.39, 0.29) is 0 Å². The Bertz CT molecular complexity index is 915. The van der Waals surface area contributed by atoms with E-state index in [0.717, 1.165) is 17.7 Å². The lowest BCUT2D eigenvalue weighted by Gasteiger charge is -2.17. The predicted molar refractivity (Wildman–Crippen MR) is 94.3 cm³/mol. The minimum absolute atomic E-state index is 0.414. The van der Waals surface area contributed by atoms with Crippen molar-refractivity contribution in [3.8, 4) is 0 Å². The highest BCUT2D eigenvalue weighted by Gasteiger charge is 2.30. The lowest BCUT2D eigenvalue weighted by atomic mass is 10.1. The SMILES string of the molecule is CCC(Cc1ccccc1)NS(=O)(=O)c1ccc([N+](=O)[O-])cc1[N+](=O)[O-]. The molecule has 0 saturated heterocycles. The van der Waals surface area contributed by atoms with Crippen LogP contribution in [0.3, 0.4) is 0 Å². The molecule has 9 nitrogen and oxygen atoms in total. The topological polar surface area (TPSA) is 132 Å². The van der Waals surface area contributed by atoms with Crippen LogP contribution in [0.1, 0.15) is 18.9 Å². The number of rotatable bonds is 8. The summed E-state index contributed by atoms with van der Waals surface area (Å²) in [4.78, 5) is 19.6. The maximum Gasteiger partial charge on any atom is 0.296 e. The molecule has 2 rings (SSSR count). The van der Waals surface area contributed by atoms with E-state index in [9.17, 15) is 28.6 Å². The summed E-state index contributed by atoms with van der Waals surface area (Å²) in [6.45, 7) is 1.79. The third kappa shape index (κ3) is 4.61. The van der Waals surface area contributed by atoms with Crippen LogP contribution in [-0.2, 0) is 16.4 Å². The molecule has 0 spiro atoms. The first-order valence-corrected chi connectivity index (χ1v) is 9.22. The van der Waals surface area contributed by atoms with Crippen LogP contribution in [0.5, 0.6) is 0 Å². The Morgan fingerprint density at radius 1 is 1.04 bits per heavy atom. The minimum atomic E-state index is -4.22. The van der Waals surface area contributed by atoms with E-state index in [0.29, 0.717) is 18.9 Å². The van der Waals surface area contributed by atoms with Crippen LogP contribution < -0.4 is 4.72 Å². The quantitative estimate of drug-likeness (QED) is 0.554. The Labute approximate surface area is 150 Å². The van der Waals surface area contributed by atoms with Crippen molar-refractivity contribution < 1.29 is 18.3 Å². The van der Waals surface area contributed by atoms with E-state index in [2.05, 4.69) is 4.72 Å². The normalized spacial score (nSPS) is 12.5. The number of hydrogen-bond acceptors (Lipinski definition) is 6. The van der Waals surface area contributed by atoms with Gasteiger partial charge in [-0.15, -0.1) is 0 Å².